The maximum Gasteiger partial charge on any atom is 0.251 e. The second-order valence-corrected chi connectivity index (χ2v) is 5.65. The van der Waals surface area contributed by atoms with Gasteiger partial charge in [0.05, 0.1) is 11.0 Å². The van der Waals surface area contributed by atoms with Crippen LogP contribution < -0.4 is 5.32 Å². The minimum Gasteiger partial charge on any atom is -0.351 e. The van der Waals surface area contributed by atoms with Crippen molar-refractivity contribution in [2.75, 3.05) is 27.2 Å². The van der Waals surface area contributed by atoms with E-state index in [-0.39, 0.29) is 5.91 Å². The smallest absolute Gasteiger partial charge is 0.251 e. The van der Waals surface area contributed by atoms with E-state index < -0.39 is 0 Å². The number of rotatable bonds is 4. The van der Waals surface area contributed by atoms with Gasteiger partial charge in [0, 0.05) is 29.4 Å². The summed E-state index contributed by atoms with van der Waals surface area (Å²) in [6.07, 6.45) is 0. The molecule has 0 radical (unpaired) electrons. The Morgan fingerprint density at radius 1 is 1.05 bits per heavy atom. The third kappa shape index (κ3) is 3.07. The van der Waals surface area contributed by atoms with Gasteiger partial charge in [-0.15, -0.1) is 0 Å². The highest BCUT2D eigenvalue weighted by Gasteiger charge is 2.07. The van der Waals surface area contributed by atoms with E-state index in [0.29, 0.717) is 12.1 Å². The van der Waals surface area contributed by atoms with Crippen LogP contribution in [0.5, 0.6) is 0 Å². The molecule has 0 atom stereocenters. The van der Waals surface area contributed by atoms with E-state index in [1.807, 2.05) is 61.5 Å². The number of hydrogen-bond acceptors (Lipinski definition) is 3. The Balaban J connectivity index is 1.88. The molecule has 4 nitrogen and oxygen atoms in total. The second kappa shape index (κ2) is 6.12. The summed E-state index contributed by atoms with van der Waals surface area (Å²) in [5.74, 6) is -0.0568. The Hall–Kier alpha value is -2.46. The first-order valence-corrected chi connectivity index (χ1v) is 7.36. The van der Waals surface area contributed by atoms with Crippen LogP contribution in [0, 0.1) is 0 Å². The van der Waals surface area contributed by atoms with Gasteiger partial charge in [0.1, 0.15) is 0 Å². The van der Waals surface area contributed by atoms with Crippen molar-refractivity contribution in [3.63, 3.8) is 0 Å². The van der Waals surface area contributed by atoms with Gasteiger partial charge in [-0.25, -0.2) is 4.98 Å². The Morgan fingerprint density at radius 3 is 2.64 bits per heavy atom. The van der Waals surface area contributed by atoms with Crippen LogP contribution in [0.1, 0.15) is 10.4 Å². The molecule has 0 aliphatic rings. The molecule has 0 unspecified atom stereocenters. The SMILES string of the molecule is CN(C)CCNC(=O)c1ccc2cc3ccccc3nc2c1. The van der Waals surface area contributed by atoms with Crippen LogP contribution in [0.3, 0.4) is 0 Å². The fraction of sp³-hybridized carbons (Fsp3) is 0.222. The summed E-state index contributed by atoms with van der Waals surface area (Å²) in [5, 5.41) is 5.08. The third-order valence-corrected chi connectivity index (χ3v) is 3.63. The molecule has 1 N–H and O–H groups in total. The third-order valence-electron chi connectivity index (χ3n) is 3.63. The zero-order valence-electron chi connectivity index (χ0n) is 12.8. The Bertz CT molecular complexity index is 827. The number of amides is 1. The molecule has 0 saturated carbocycles. The highest BCUT2D eigenvalue weighted by atomic mass is 16.1. The molecule has 1 amide bonds. The Kier molecular flexibility index (Phi) is 4.02. The molecule has 3 aromatic rings. The molecule has 3 rings (SSSR count). The molecule has 4 heteroatoms. The van der Waals surface area contributed by atoms with Crippen molar-refractivity contribution in [1.82, 2.24) is 15.2 Å². The normalized spacial score (nSPS) is 11.2. The minimum absolute atomic E-state index is 0.0568. The summed E-state index contributed by atoms with van der Waals surface area (Å²) in [6, 6.07) is 15.8. The largest absolute Gasteiger partial charge is 0.351 e. The van der Waals surface area contributed by atoms with Crippen LogP contribution in [-0.2, 0) is 0 Å². The number of para-hydroxylation sites is 1. The fourth-order valence-electron chi connectivity index (χ4n) is 2.41. The molecule has 0 spiro atoms. The summed E-state index contributed by atoms with van der Waals surface area (Å²) in [5.41, 5.74) is 2.44. The highest BCUT2D eigenvalue weighted by Crippen LogP contribution is 2.20. The first-order chi connectivity index (χ1) is 10.6. The van der Waals surface area contributed by atoms with Crippen LogP contribution >= 0.6 is 0 Å². The van der Waals surface area contributed by atoms with Crippen molar-refractivity contribution in [1.29, 1.82) is 0 Å². The van der Waals surface area contributed by atoms with Crippen molar-refractivity contribution in [3.05, 3.63) is 54.1 Å². The molecule has 0 bridgehead atoms. The number of fused-ring (bicyclic) bond motifs is 2. The number of aromatic nitrogens is 1. The molecule has 1 heterocycles. The van der Waals surface area contributed by atoms with Crippen molar-refractivity contribution >= 4 is 27.7 Å². The fourth-order valence-corrected chi connectivity index (χ4v) is 2.41. The van der Waals surface area contributed by atoms with Crippen molar-refractivity contribution in [2.24, 2.45) is 0 Å². The zero-order chi connectivity index (χ0) is 15.5. The summed E-state index contributed by atoms with van der Waals surface area (Å²) in [6.45, 7) is 1.46. The Labute approximate surface area is 129 Å². The van der Waals surface area contributed by atoms with Gasteiger partial charge in [-0.3, -0.25) is 4.79 Å². The predicted octanol–water partition coefficient (Wildman–Crippen LogP) is 2.68. The summed E-state index contributed by atoms with van der Waals surface area (Å²) < 4.78 is 0. The summed E-state index contributed by atoms with van der Waals surface area (Å²) in [7, 11) is 3.97. The van der Waals surface area contributed by atoms with E-state index in [1.54, 1.807) is 0 Å². The number of carbonyl (C=O) groups is 1. The van der Waals surface area contributed by atoms with Gasteiger partial charge >= 0.3 is 0 Å². The molecule has 22 heavy (non-hydrogen) atoms. The van der Waals surface area contributed by atoms with Gasteiger partial charge in [-0.2, -0.15) is 0 Å². The lowest BCUT2D eigenvalue weighted by atomic mass is 10.1. The predicted molar refractivity (Wildman–Crippen MR) is 90.1 cm³/mol. The van der Waals surface area contributed by atoms with E-state index in [1.165, 1.54) is 0 Å². The molecule has 1 aromatic heterocycles. The number of nitrogens with one attached hydrogen (secondary N) is 1. The van der Waals surface area contributed by atoms with Crippen LogP contribution in [-0.4, -0.2) is 43.0 Å². The van der Waals surface area contributed by atoms with Crippen LogP contribution in [0.2, 0.25) is 0 Å². The van der Waals surface area contributed by atoms with E-state index >= 15 is 0 Å². The maximum absolute atomic E-state index is 12.2. The van der Waals surface area contributed by atoms with Crippen molar-refractivity contribution in [2.45, 2.75) is 0 Å². The van der Waals surface area contributed by atoms with Gasteiger partial charge in [0.25, 0.3) is 5.91 Å². The monoisotopic (exact) mass is 293 g/mol. The molecular weight excluding hydrogens is 274 g/mol. The quantitative estimate of drug-likeness (QED) is 0.752. The van der Waals surface area contributed by atoms with Crippen molar-refractivity contribution in [3.8, 4) is 0 Å². The number of nitrogens with zero attached hydrogens (tertiary/aromatic N) is 2. The molecule has 112 valence electrons. The summed E-state index contributed by atoms with van der Waals surface area (Å²) in [4.78, 5) is 18.9. The molecule has 2 aromatic carbocycles. The first kappa shape index (κ1) is 14.5. The van der Waals surface area contributed by atoms with Gasteiger partial charge in [0.15, 0.2) is 0 Å². The van der Waals surface area contributed by atoms with Gasteiger partial charge in [-0.05, 0) is 38.4 Å². The lowest BCUT2D eigenvalue weighted by Gasteiger charge is -2.10. The van der Waals surface area contributed by atoms with Gasteiger partial charge in [-0.1, -0.05) is 24.3 Å². The number of hydrogen-bond donors (Lipinski definition) is 1. The Morgan fingerprint density at radius 2 is 1.82 bits per heavy atom. The van der Waals surface area contributed by atoms with Crippen LogP contribution in [0.15, 0.2) is 48.5 Å². The van der Waals surface area contributed by atoms with E-state index in [0.717, 1.165) is 28.4 Å². The molecule has 0 saturated heterocycles. The van der Waals surface area contributed by atoms with Crippen LogP contribution in [0.25, 0.3) is 21.8 Å². The maximum atomic E-state index is 12.2. The second-order valence-electron chi connectivity index (χ2n) is 5.65. The molecular formula is C18H19N3O. The van der Waals surface area contributed by atoms with Gasteiger partial charge in [0.2, 0.25) is 0 Å². The molecule has 0 aliphatic heterocycles. The van der Waals surface area contributed by atoms with Crippen LogP contribution in [0.4, 0.5) is 0 Å². The number of carbonyl (C=O) groups excluding carboxylic acids is 1. The number of benzene rings is 2. The van der Waals surface area contributed by atoms with Gasteiger partial charge < -0.3 is 10.2 Å². The van der Waals surface area contributed by atoms with E-state index in [4.69, 9.17) is 0 Å². The average Bonchev–Trinajstić information content (AvgIpc) is 2.51. The topological polar surface area (TPSA) is 45.2 Å². The highest BCUT2D eigenvalue weighted by molar-refractivity contribution is 6.00. The lowest BCUT2D eigenvalue weighted by Crippen LogP contribution is -2.31. The number of likely N-dealkylation sites (N-methyl/N-ethyl adjacent to an activating group) is 1. The first-order valence-electron chi connectivity index (χ1n) is 7.36. The minimum atomic E-state index is -0.0568. The average molecular weight is 293 g/mol. The van der Waals surface area contributed by atoms with E-state index in [2.05, 4.69) is 16.4 Å². The van der Waals surface area contributed by atoms with E-state index in [9.17, 15) is 4.79 Å². The molecule has 0 fully saturated rings. The lowest BCUT2D eigenvalue weighted by molar-refractivity contribution is 0.0951. The summed E-state index contributed by atoms with van der Waals surface area (Å²) >= 11 is 0. The standard InChI is InChI=1S/C18H19N3O/c1-21(2)10-9-19-18(22)15-8-7-14-11-13-5-3-4-6-16(13)20-17(14)12-15/h3-8,11-12H,9-10H2,1-2H3,(H,19,22). The zero-order valence-corrected chi connectivity index (χ0v) is 12.8. The van der Waals surface area contributed by atoms with Crippen molar-refractivity contribution < 1.29 is 4.79 Å². The molecule has 0 aliphatic carbocycles. The number of pyridine rings is 1.